The Hall–Kier alpha value is -1.82. The van der Waals surface area contributed by atoms with Crippen LogP contribution in [-0.2, 0) is 19.9 Å². The second kappa shape index (κ2) is 6.96. The van der Waals surface area contributed by atoms with Gasteiger partial charge < -0.3 is 9.55 Å². The van der Waals surface area contributed by atoms with Crippen LogP contribution in [0.4, 0.5) is 0 Å². The monoisotopic (exact) mass is 315 g/mol. The molecule has 1 aromatic carbocycles. The molecule has 0 aliphatic carbocycles. The van der Waals surface area contributed by atoms with E-state index in [0.29, 0.717) is 0 Å². The molecule has 0 aliphatic rings. The van der Waals surface area contributed by atoms with E-state index >= 15 is 0 Å². The molecule has 0 saturated heterocycles. The number of fused-ring (bicyclic) bond motifs is 1. The first kappa shape index (κ1) is 15.1. The predicted octanol–water partition coefficient (Wildman–Crippen LogP) is 3.37. The maximum atomic E-state index is 4.61. The number of aromatic amines is 1. The zero-order chi connectivity index (χ0) is 15.4. The number of aromatic nitrogens is 5. The second-order valence-corrected chi connectivity index (χ2v) is 6.42. The van der Waals surface area contributed by atoms with Gasteiger partial charge in [-0.3, -0.25) is 0 Å². The van der Waals surface area contributed by atoms with Crippen molar-refractivity contribution in [1.29, 1.82) is 0 Å². The average molecular weight is 315 g/mol. The fraction of sp³-hybridized carbons (Fsp3) is 0.438. The smallest absolute Gasteiger partial charge is 0.190 e. The first-order valence-corrected chi connectivity index (χ1v) is 8.71. The molecule has 1 N–H and O–H groups in total. The molecule has 0 aliphatic heterocycles. The Balaban J connectivity index is 1.63. The van der Waals surface area contributed by atoms with Gasteiger partial charge in [0.05, 0.1) is 11.0 Å². The van der Waals surface area contributed by atoms with E-state index in [2.05, 4.69) is 37.7 Å². The summed E-state index contributed by atoms with van der Waals surface area (Å²) in [6.07, 6.45) is 4.12. The number of imidazole rings is 1. The SMILES string of the molecule is CCCCSc1nnc(CCc2nc3ccccc3[nH]2)n1C. The van der Waals surface area contributed by atoms with E-state index in [0.717, 1.165) is 46.4 Å². The van der Waals surface area contributed by atoms with Crippen LogP contribution < -0.4 is 0 Å². The number of nitrogens with zero attached hydrogens (tertiary/aromatic N) is 4. The molecule has 0 unspecified atom stereocenters. The Bertz CT molecular complexity index is 713. The van der Waals surface area contributed by atoms with Crippen LogP contribution in [0.25, 0.3) is 11.0 Å². The molecule has 3 rings (SSSR count). The molecule has 0 atom stereocenters. The summed E-state index contributed by atoms with van der Waals surface area (Å²) >= 11 is 1.78. The predicted molar refractivity (Wildman–Crippen MR) is 90.1 cm³/mol. The highest BCUT2D eigenvalue weighted by Crippen LogP contribution is 2.18. The number of unbranched alkanes of at least 4 members (excludes halogenated alkanes) is 1. The summed E-state index contributed by atoms with van der Waals surface area (Å²) in [5.41, 5.74) is 2.11. The molecule has 2 heterocycles. The van der Waals surface area contributed by atoms with Gasteiger partial charge in [0.15, 0.2) is 5.16 Å². The molecule has 0 saturated carbocycles. The number of nitrogens with one attached hydrogen (secondary N) is 1. The number of hydrogen-bond donors (Lipinski definition) is 1. The minimum absolute atomic E-state index is 0.845. The molecule has 0 bridgehead atoms. The Morgan fingerprint density at radius 1 is 1.18 bits per heavy atom. The minimum atomic E-state index is 0.845. The zero-order valence-corrected chi connectivity index (χ0v) is 13.9. The van der Waals surface area contributed by atoms with Crippen LogP contribution >= 0.6 is 11.8 Å². The normalized spacial score (nSPS) is 11.4. The number of para-hydroxylation sites is 2. The van der Waals surface area contributed by atoms with Crippen LogP contribution in [0.15, 0.2) is 29.4 Å². The lowest BCUT2D eigenvalue weighted by Gasteiger charge is -2.02. The highest BCUT2D eigenvalue weighted by Gasteiger charge is 2.10. The fourth-order valence-electron chi connectivity index (χ4n) is 2.35. The molecular weight excluding hydrogens is 294 g/mol. The second-order valence-electron chi connectivity index (χ2n) is 5.36. The lowest BCUT2D eigenvalue weighted by molar-refractivity contribution is 0.714. The highest BCUT2D eigenvalue weighted by atomic mass is 32.2. The topological polar surface area (TPSA) is 59.4 Å². The van der Waals surface area contributed by atoms with Gasteiger partial charge in [-0.1, -0.05) is 37.2 Å². The number of hydrogen-bond acceptors (Lipinski definition) is 4. The van der Waals surface area contributed by atoms with Crippen LogP contribution in [0.3, 0.4) is 0 Å². The summed E-state index contributed by atoms with van der Waals surface area (Å²) in [6, 6.07) is 8.11. The summed E-state index contributed by atoms with van der Waals surface area (Å²) < 4.78 is 2.10. The van der Waals surface area contributed by atoms with Crippen LogP contribution in [0.1, 0.15) is 31.4 Å². The summed E-state index contributed by atoms with van der Waals surface area (Å²) in [4.78, 5) is 7.97. The zero-order valence-electron chi connectivity index (χ0n) is 13.0. The fourth-order valence-corrected chi connectivity index (χ4v) is 3.36. The molecule has 0 radical (unpaired) electrons. The van der Waals surface area contributed by atoms with Crippen LogP contribution in [0.2, 0.25) is 0 Å². The van der Waals surface area contributed by atoms with Gasteiger partial charge in [-0.25, -0.2) is 4.98 Å². The molecule has 5 nitrogen and oxygen atoms in total. The van der Waals surface area contributed by atoms with Crippen LogP contribution in [-0.4, -0.2) is 30.5 Å². The van der Waals surface area contributed by atoms with Crippen LogP contribution in [0, 0.1) is 0 Å². The quantitative estimate of drug-likeness (QED) is 0.536. The maximum absolute atomic E-state index is 4.61. The third-order valence-electron chi connectivity index (χ3n) is 3.68. The van der Waals surface area contributed by atoms with Gasteiger partial charge in [0, 0.05) is 25.6 Å². The van der Waals surface area contributed by atoms with E-state index in [1.165, 1.54) is 12.8 Å². The van der Waals surface area contributed by atoms with Crippen molar-refractivity contribution in [1.82, 2.24) is 24.7 Å². The van der Waals surface area contributed by atoms with E-state index in [-0.39, 0.29) is 0 Å². The average Bonchev–Trinajstić information content (AvgIpc) is 3.09. The van der Waals surface area contributed by atoms with Crippen molar-refractivity contribution in [3.63, 3.8) is 0 Å². The molecule has 6 heteroatoms. The summed E-state index contributed by atoms with van der Waals surface area (Å²) in [7, 11) is 2.04. The summed E-state index contributed by atoms with van der Waals surface area (Å²) in [5, 5.41) is 9.61. The highest BCUT2D eigenvalue weighted by molar-refractivity contribution is 7.99. The van der Waals surface area contributed by atoms with Crippen molar-refractivity contribution in [3.8, 4) is 0 Å². The van der Waals surface area contributed by atoms with Crippen molar-refractivity contribution >= 4 is 22.8 Å². The van der Waals surface area contributed by atoms with Crippen LogP contribution in [0.5, 0.6) is 0 Å². The van der Waals surface area contributed by atoms with Gasteiger partial charge in [-0.05, 0) is 18.6 Å². The van der Waals surface area contributed by atoms with E-state index in [1.807, 2.05) is 25.2 Å². The first-order valence-electron chi connectivity index (χ1n) is 7.72. The lowest BCUT2D eigenvalue weighted by Crippen LogP contribution is -2.02. The molecule has 0 fully saturated rings. The molecule has 0 spiro atoms. The van der Waals surface area contributed by atoms with Gasteiger partial charge in [-0.2, -0.15) is 0 Å². The standard InChI is InChI=1S/C16H21N5S/c1-3-4-11-22-16-20-19-15(21(16)2)10-9-14-17-12-7-5-6-8-13(12)18-14/h5-8H,3-4,9-11H2,1-2H3,(H,17,18). The Labute approximate surface area is 134 Å². The third-order valence-corrected chi connectivity index (χ3v) is 4.78. The van der Waals surface area contributed by atoms with Gasteiger partial charge in [-0.15, -0.1) is 10.2 Å². The maximum Gasteiger partial charge on any atom is 0.190 e. The van der Waals surface area contributed by atoms with Gasteiger partial charge in [0.25, 0.3) is 0 Å². The molecule has 2 aromatic heterocycles. The number of H-pyrrole nitrogens is 1. The van der Waals surface area contributed by atoms with E-state index < -0.39 is 0 Å². The van der Waals surface area contributed by atoms with E-state index in [9.17, 15) is 0 Å². The summed E-state index contributed by atoms with van der Waals surface area (Å²) in [6.45, 7) is 2.20. The van der Waals surface area contributed by atoms with Gasteiger partial charge in [0.1, 0.15) is 11.6 Å². The van der Waals surface area contributed by atoms with E-state index in [1.54, 1.807) is 11.8 Å². The Morgan fingerprint density at radius 3 is 2.86 bits per heavy atom. The van der Waals surface area contributed by atoms with Crippen molar-refractivity contribution in [2.45, 2.75) is 37.8 Å². The Morgan fingerprint density at radius 2 is 2.05 bits per heavy atom. The van der Waals surface area contributed by atoms with Crippen molar-refractivity contribution in [3.05, 3.63) is 35.9 Å². The van der Waals surface area contributed by atoms with Crippen molar-refractivity contribution in [2.24, 2.45) is 7.05 Å². The first-order chi connectivity index (χ1) is 10.8. The van der Waals surface area contributed by atoms with Crippen molar-refractivity contribution in [2.75, 3.05) is 5.75 Å². The number of benzene rings is 1. The number of thioether (sulfide) groups is 1. The van der Waals surface area contributed by atoms with E-state index in [4.69, 9.17) is 0 Å². The molecule has 22 heavy (non-hydrogen) atoms. The van der Waals surface area contributed by atoms with Gasteiger partial charge >= 0.3 is 0 Å². The third kappa shape index (κ3) is 3.32. The summed E-state index contributed by atoms with van der Waals surface area (Å²) in [5.74, 6) is 3.12. The lowest BCUT2D eigenvalue weighted by atomic mass is 10.3. The molecule has 0 amide bonds. The van der Waals surface area contributed by atoms with Gasteiger partial charge in [0.2, 0.25) is 0 Å². The number of rotatable bonds is 7. The largest absolute Gasteiger partial charge is 0.342 e. The van der Waals surface area contributed by atoms with Crippen molar-refractivity contribution < 1.29 is 0 Å². The molecule has 3 aromatic rings. The Kier molecular flexibility index (Phi) is 4.77. The molecule has 116 valence electrons. The number of aryl methyl sites for hydroxylation is 2. The minimum Gasteiger partial charge on any atom is -0.342 e. The molecular formula is C16H21N5S.